The van der Waals surface area contributed by atoms with Gasteiger partial charge in [-0.3, -0.25) is 14.4 Å². The van der Waals surface area contributed by atoms with Gasteiger partial charge in [-0.1, -0.05) is 60.3 Å². The average Bonchev–Trinajstić information content (AvgIpc) is 3.09. The average molecular weight is 764 g/mol. The zero-order valence-electron chi connectivity index (χ0n) is 27.6. The normalized spacial score (nSPS) is 15.7. The summed E-state index contributed by atoms with van der Waals surface area (Å²) in [4.78, 5) is 50.9. The molecular weight excluding hydrogens is 730 g/mol. The Labute approximate surface area is 305 Å². The van der Waals surface area contributed by atoms with Gasteiger partial charge in [0.05, 0.1) is 34.3 Å². The number of halogens is 7. The number of nitrogens with two attached hydrogens (primary N) is 1. The van der Waals surface area contributed by atoms with Gasteiger partial charge in [0.15, 0.2) is 11.6 Å². The zero-order valence-corrected chi connectivity index (χ0v) is 29.1. The van der Waals surface area contributed by atoms with E-state index in [1.807, 2.05) is 0 Å². The highest BCUT2D eigenvalue weighted by Crippen LogP contribution is 2.48. The van der Waals surface area contributed by atoms with Crippen LogP contribution < -0.4 is 11.1 Å². The molecule has 2 aromatic carbocycles. The Hall–Kier alpha value is -4.40. The molecule has 3 N–H and O–H groups in total. The number of hydrogen-bond acceptors (Lipinski definition) is 8. The molecule has 2 heterocycles. The second-order valence-corrected chi connectivity index (χ2v) is 13.6. The molecular formula is C36H33Cl2F5N6O3. The molecule has 2 fully saturated rings. The predicted molar refractivity (Wildman–Crippen MR) is 182 cm³/mol. The van der Waals surface area contributed by atoms with Crippen LogP contribution >= 0.6 is 23.2 Å². The van der Waals surface area contributed by atoms with E-state index in [0.29, 0.717) is 41.2 Å². The maximum absolute atomic E-state index is 14.5. The lowest BCUT2D eigenvalue weighted by atomic mass is 9.62. The number of ketones is 2. The molecule has 0 spiro atoms. The Bertz CT molecular complexity index is 1940. The van der Waals surface area contributed by atoms with E-state index in [2.05, 4.69) is 19.9 Å². The van der Waals surface area contributed by atoms with Gasteiger partial charge in [-0.2, -0.15) is 13.2 Å². The van der Waals surface area contributed by atoms with E-state index in [-0.39, 0.29) is 39.2 Å². The Morgan fingerprint density at radius 2 is 1.12 bits per heavy atom. The van der Waals surface area contributed by atoms with Gasteiger partial charge in [-0.05, 0) is 48.9 Å². The minimum absolute atomic E-state index is 0.0344. The third kappa shape index (κ3) is 8.62. The molecule has 4 aromatic rings. The monoisotopic (exact) mass is 762 g/mol. The molecule has 2 aliphatic rings. The summed E-state index contributed by atoms with van der Waals surface area (Å²) >= 11 is 11.8. The number of Topliss-reactive ketones (excluding diaryl/α,β-unsaturated/α-hetero) is 2. The fourth-order valence-corrected chi connectivity index (χ4v) is 6.73. The standard InChI is InChI=1S/C19H16ClF4N3O2.C17H17ClFN3O/c20-13-4-1-3-12(16(13)21)18(5-2-6-18)7-15-25-8-11(9-26-15)14(28)10-27-17(29)19(22,23)24;18-13-4-1-3-12(16(13)19)17(5-2-6-17)7-15-21-9-11(10-22-15)14(23)8-20/h1,3-4,8-9H,2,5-7,10H2,(H,27,29);1,3-4,9-10H,2,5-8,20H2. The lowest BCUT2D eigenvalue weighted by Crippen LogP contribution is -2.39. The number of rotatable bonds is 11. The number of carbonyl (C=O) groups excluding carboxylic acids is 3. The van der Waals surface area contributed by atoms with Crippen LogP contribution in [0.15, 0.2) is 61.2 Å². The summed E-state index contributed by atoms with van der Waals surface area (Å²) < 4.78 is 65.4. The van der Waals surface area contributed by atoms with E-state index >= 15 is 0 Å². The predicted octanol–water partition coefficient (Wildman–Crippen LogP) is 6.87. The van der Waals surface area contributed by atoms with Crippen LogP contribution in [-0.4, -0.2) is 56.7 Å². The second kappa shape index (κ2) is 16.1. The number of amides is 1. The van der Waals surface area contributed by atoms with Crippen LogP contribution in [0.1, 0.15) is 82.0 Å². The van der Waals surface area contributed by atoms with Crippen molar-refractivity contribution < 1.29 is 36.3 Å². The van der Waals surface area contributed by atoms with Crippen molar-refractivity contribution in [2.45, 2.75) is 68.4 Å². The number of carbonyl (C=O) groups is 3. The molecule has 0 atom stereocenters. The number of hydrogen-bond donors (Lipinski definition) is 2. The van der Waals surface area contributed by atoms with Crippen molar-refractivity contribution in [3.8, 4) is 0 Å². The third-order valence-corrected chi connectivity index (χ3v) is 10.2. The van der Waals surface area contributed by atoms with Crippen molar-refractivity contribution in [2.75, 3.05) is 13.1 Å². The molecule has 2 aromatic heterocycles. The van der Waals surface area contributed by atoms with Crippen LogP contribution in [0.5, 0.6) is 0 Å². The fourth-order valence-electron chi connectivity index (χ4n) is 6.38. The first kappa shape index (κ1) is 38.8. The summed E-state index contributed by atoms with van der Waals surface area (Å²) in [5.74, 6) is -3.01. The zero-order chi connectivity index (χ0) is 37.7. The van der Waals surface area contributed by atoms with Gasteiger partial charge in [0, 0.05) is 48.5 Å². The van der Waals surface area contributed by atoms with Gasteiger partial charge >= 0.3 is 12.1 Å². The molecule has 6 rings (SSSR count). The van der Waals surface area contributed by atoms with Crippen molar-refractivity contribution in [3.63, 3.8) is 0 Å². The number of nitrogens with zero attached hydrogens (tertiary/aromatic N) is 4. The second-order valence-electron chi connectivity index (χ2n) is 12.8. The molecule has 16 heteroatoms. The number of benzene rings is 2. The first-order valence-corrected chi connectivity index (χ1v) is 17.1. The molecule has 2 saturated carbocycles. The quantitative estimate of drug-likeness (QED) is 0.125. The summed E-state index contributed by atoms with van der Waals surface area (Å²) in [7, 11) is 0. The molecule has 0 bridgehead atoms. The molecule has 2 aliphatic carbocycles. The van der Waals surface area contributed by atoms with Crippen molar-refractivity contribution in [1.29, 1.82) is 0 Å². The van der Waals surface area contributed by atoms with Crippen molar-refractivity contribution in [2.24, 2.45) is 5.73 Å². The van der Waals surface area contributed by atoms with Gasteiger partial charge in [0.1, 0.15) is 23.3 Å². The summed E-state index contributed by atoms with van der Waals surface area (Å²) in [6.07, 6.45) is 6.31. The fraction of sp³-hybridized carbons (Fsp3) is 0.361. The Kier molecular flexibility index (Phi) is 12.0. The van der Waals surface area contributed by atoms with Gasteiger partial charge < -0.3 is 11.1 Å². The molecule has 0 radical (unpaired) electrons. The lowest BCUT2D eigenvalue weighted by Gasteiger charge is -2.42. The van der Waals surface area contributed by atoms with Crippen LogP contribution in [0.3, 0.4) is 0 Å². The maximum atomic E-state index is 14.5. The molecule has 52 heavy (non-hydrogen) atoms. The van der Waals surface area contributed by atoms with Gasteiger partial charge in [-0.25, -0.2) is 28.7 Å². The molecule has 0 unspecified atom stereocenters. The van der Waals surface area contributed by atoms with Gasteiger partial charge in [-0.15, -0.1) is 0 Å². The number of nitrogens with one attached hydrogen (secondary N) is 1. The SMILES string of the molecule is NCC(=O)c1cnc(CC2(c3cccc(Cl)c3F)CCC2)nc1.O=C(CNC(=O)C(F)(F)F)c1cnc(CC2(c3cccc(Cl)c3F)CCC2)nc1. The van der Waals surface area contributed by atoms with E-state index in [9.17, 15) is 36.3 Å². The molecule has 9 nitrogen and oxygen atoms in total. The van der Waals surface area contributed by atoms with E-state index < -0.39 is 35.6 Å². The van der Waals surface area contributed by atoms with Crippen molar-refractivity contribution in [3.05, 3.63) is 117 Å². The van der Waals surface area contributed by atoms with E-state index in [0.717, 1.165) is 38.5 Å². The Morgan fingerprint density at radius 1 is 0.712 bits per heavy atom. The van der Waals surface area contributed by atoms with Gasteiger partial charge in [0.25, 0.3) is 0 Å². The minimum Gasteiger partial charge on any atom is -0.341 e. The first-order valence-electron chi connectivity index (χ1n) is 16.3. The molecule has 1 amide bonds. The molecule has 0 saturated heterocycles. The van der Waals surface area contributed by atoms with Gasteiger partial charge in [0.2, 0.25) is 0 Å². The van der Waals surface area contributed by atoms with Crippen LogP contribution in [0.25, 0.3) is 0 Å². The Morgan fingerprint density at radius 3 is 1.46 bits per heavy atom. The van der Waals surface area contributed by atoms with E-state index in [1.54, 1.807) is 30.3 Å². The number of aromatic nitrogens is 4. The first-order chi connectivity index (χ1) is 24.7. The van der Waals surface area contributed by atoms with E-state index in [4.69, 9.17) is 28.9 Å². The number of alkyl halides is 3. The summed E-state index contributed by atoms with van der Waals surface area (Å²) in [5.41, 5.74) is 6.01. The summed E-state index contributed by atoms with van der Waals surface area (Å²) in [6, 6.07) is 9.94. The largest absolute Gasteiger partial charge is 0.471 e. The van der Waals surface area contributed by atoms with Crippen molar-refractivity contribution in [1.82, 2.24) is 25.3 Å². The van der Waals surface area contributed by atoms with Crippen LogP contribution in [0.2, 0.25) is 10.0 Å². The summed E-state index contributed by atoms with van der Waals surface area (Å²) in [5, 5.41) is 1.68. The van der Waals surface area contributed by atoms with E-state index in [1.165, 1.54) is 36.2 Å². The van der Waals surface area contributed by atoms with Crippen LogP contribution in [0, 0.1) is 11.6 Å². The topological polar surface area (TPSA) is 141 Å². The van der Waals surface area contributed by atoms with Crippen LogP contribution in [0.4, 0.5) is 22.0 Å². The highest BCUT2D eigenvalue weighted by Gasteiger charge is 2.43. The third-order valence-electron chi connectivity index (χ3n) is 9.57. The smallest absolute Gasteiger partial charge is 0.341 e. The lowest BCUT2D eigenvalue weighted by molar-refractivity contribution is -0.173. The molecule has 274 valence electrons. The summed E-state index contributed by atoms with van der Waals surface area (Å²) in [6.45, 7) is -0.890. The Balaban J connectivity index is 0.000000206. The minimum atomic E-state index is -5.06. The van der Waals surface area contributed by atoms with Crippen LogP contribution in [-0.2, 0) is 28.5 Å². The highest BCUT2D eigenvalue weighted by molar-refractivity contribution is 6.31. The highest BCUT2D eigenvalue weighted by atomic mass is 35.5. The van der Waals surface area contributed by atoms with Crippen molar-refractivity contribution >= 4 is 40.7 Å². The molecule has 0 aliphatic heterocycles. The maximum Gasteiger partial charge on any atom is 0.471 e.